The van der Waals surface area contributed by atoms with E-state index in [-0.39, 0.29) is 23.5 Å². The zero-order valence-corrected chi connectivity index (χ0v) is 10.0. The van der Waals surface area contributed by atoms with E-state index in [0.29, 0.717) is 5.92 Å². The van der Waals surface area contributed by atoms with E-state index in [4.69, 9.17) is 5.73 Å². The van der Waals surface area contributed by atoms with E-state index in [2.05, 4.69) is 33.0 Å². The Labute approximate surface area is 88.1 Å². The molecule has 1 fully saturated rings. The molecule has 0 saturated carbocycles. The summed E-state index contributed by atoms with van der Waals surface area (Å²) < 4.78 is 0. The first kappa shape index (κ1) is 13.2. The highest BCUT2D eigenvalue weighted by molar-refractivity contribution is 5.85. The number of piperidine rings is 1. The molecule has 1 rings (SSSR count). The highest BCUT2D eigenvalue weighted by Crippen LogP contribution is 2.31. The minimum absolute atomic E-state index is 0. The van der Waals surface area contributed by atoms with Crippen molar-refractivity contribution >= 4 is 12.4 Å². The molecule has 0 aromatic rings. The van der Waals surface area contributed by atoms with E-state index in [1.54, 1.807) is 0 Å². The molecule has 0 radical (unpaired) electrons. The summed E-state index contributed by atoms with van der Waals surface area (Å²) in [5, 5.41) is 3.64. The monoisotopic (exact) mass is 206 g/mol. The second-order valence-electron chi connectivity index (χ2n) is 5.40. The van der Waals surface area contributed by atoms with Crippen LogP contribution < -0.4 is 11.1 Å². The van der Waals surface area contributed by atoms with Gasteiger partial charge in [0.15, 0.2) is 0 Å². The molecular weight excluding hydrogens is 184 g/mol. The highest BCUT2D eigenvalue weighted by atomic mass is 35.5. The van der Waals surface area contributed by atoms with Gasteiger partial charge in [-0.25, -0.2) is 0 Å². The molecule has 3 heteroatoms. The largest absolute Gasteiger partial charge is 0.330 e. The van der Waals surface area contributed by atoms with Crippen molar-refractivity contribution in [1.82, 2.24) is 5.32 Å². The zero-order valence-electron chi connectivity index (χ0n) is 9.18. The quantitative estimate of drug-likeness (QED) is 0.688. The van der Waals surface area contributed by atoms with E-state index in [9.17, 15) is 0 Å². The maximum atomic E-state index is 5.72. The predicted octanol–water partition coefficient (Wildman–Crippen LogP) is 1.92. The van der Waals surface area contributed by atoms with Crippen LogP contribution in [0.4, 0.5) is 0 Å². The lowest BCUT2D eigenvalue weighted by atomic mass is 9.76. The van der Waals surface area contributed by atoms with Crippen molar-refractivity contribution in [3.8, 4) is 0 Å². The third-order valence-electron chi connectivity index (χ3n) is 2.61. The van der Waals surface area contributed by atoms with Gasteiger partial charge in [-0.05, 0) is 53.0 Å². The molecule has 2 nitrogen and oxygen atoms in total. The van der Waals surface area contributed by atoms with Crippen LogP contribution in [0.3, 0.4) is 0 Å². The van der Waals surface area contributed by atoms with Crippen LogP contribution in [0.5, 0.6) is 0 Å². The second-order valence-corrected chi connectivity index (χ2v) is 5.40. The first-order chi connectivity index (χ1) is 5.35. The van der Waals surface area contributed by atoms with Gasteiger partial charge in [-0.1, -0.05) is 0 Å². The maximum absolute atomic E-state index is 5.72. The third-order valence-corrected chi connectivity index (χ3v) is 2.61. The van der Waals surface area contributed by atoms with Crippen molar-refractivity contribution < 1.29 is 0 Å². The zero-order chi connectivity index (χ0) is 9.41. The van der Waals surface area contributed by atoms with Gasteiger partial charge < -0.3 is 11.1 Å². The van der Waals surface area contributed by atoms with Crippen molar-refractivity contribution in [3.63, 3.8) is 0 Å². The molecule has 1 aliphatic heterocycles. The predicted molar refractivity (Wildman–Crippen MR) is 60.3 cm³/mol. The lowest BCUT2D eigenvalue weighted by molar-refractivity contribution is 0.132. The van der Waals surface area contributed by atoms with Gasteiger partial charge in [0.1, 0.15) is 0 Å². The summed E-state index contributed by atoms with van der Waals surface area (Å²) >= 11 is 0. The number of hydrogen-bond acceptors (Lipinski definition) is 2. The van der Waals surface area contributed by atoms with Gasteiger partial charge in [0.25, 0.3) is 0 Å². The smallest absolute Gasteiger partial charge is 0.0133 e. The van der Waals surface area contributed by atoms with Gasteiger partial charge in [-0.2, -0.15) is 0 Å². The fourth-order valence-electron chi connectivity index (χ4n) is 2.70. The van der Waals surface area contributed by atoms with Crippen molar-refractivity contribution in [1.29, 1.82) is 0 Å². The van der Waals surface area contributed by atoms with Crippen molar-refractivity contribution in [2.75, 3.05) is 6.54 Å². The Balaban J connectivity index is 0.00000144. The number of nitrogens with one attached hydrogen (secondary N) is 1. The van der Waals surface area contributed by atoms with Crippen LogP contribution in [0.25, 0.3) is 0 Å². The number of nitrogens with two attached hydrogens (primary N) is 1. The minimum Gasteiger partial charge on any atom is -0.330 e. The summed E-state index contributed by atoms with van der Waals surface area (Å²) in [7, 11) is 0. The summed E-state index contributed by atoms with van der Waals surface area (Å²) in [6.07, 6.45) is 2.40. The SMILES string of the molecule is CC1(C)CC(CN)CC(C)(C)N1.Cl. The van der Waals surface area contributed by atoms with Crippen molar-refractivity contribution in [3.05, 3.63) is 0 Å². The van der Waals surface area contributed by atoms with Gasteiger partial charge in [-0.15, -0.1) is 12.4 Å². The Hall–Kier alpha value is 0.210. The molecule has 0 unspecified atom stereocenters. The Morgan fingerprint density at radius 3 is 1.85 bits per heavy atom. The lowest BCUT2D eigenvalue weighted by Crippen LogP contribution is -2.58. The summed E-state index contributed by atoms with van der Waals surface area (Å²) in [6, 6.07) is 0. The van der Waals surface area contributed by atoms with Crippen molar-refractivity contribution in [2.24, 2.45) is 11.7 Å². The molecule has 1 saturated heterocycles. The molecule has 1 heterocycles. The van der Waals surface area contributed by atoms with Crippen LogP contribution in [0.1, 0.15) is 40.5 Å². The molecule has 0 amide bonds. The van der Waals surface area contributed by atoms with Crippen LogP contribution in [0.15, 0.2) is 0 Å². The maximum Gasteiger partial charge on any atom is 0.0133 e. The summed E-state index contributed by atoms with van der Waals surface area (Å²) in [6.45, 7) is 9.87. The number of halogens is 1. The fourth-order valence-corrected chi connectivity index (χ4v) is 2.70. The second kappa shape index (κ2) is 4.16. The van der Waals surface area contributed by atoms with Crippen LogP contribution in [0, 0.1) is 5.92 Å². The first-order valence-corrected chi connectivity index (χ1v) is 4.84. The van der Waals surface area contributed by atoms with E-state index >= 15 is 0 Å². The molecule has 0 aromatic heterocycles. The van der Waals surface area contributed by atoms with E-state index in [1.165, 1.54) is 12.8 Å². The van der Waals surface area contributed by atoms with Gasteiger partial charge in [0, 0.05) is 11.1 Å². The highest BCUT2D eigenvalue weighted by Gasteiger charge is 2.36. The van der Waals surface area contributed by atoms with E-state index < -0.39 is 0 Å². The number of rotatable bonds is 1. The van der Waals surface area contributed by atoms with Crippen LogP contribution in [-0.2, 0) is 0 Å². The molecule has 0 spiro atoms. The third kappa shape index (κ3) is 3.84. The fraction of sp³-hybridized carbons (Fsp3) is 1.00. The molecule has 80 valence electrons. The molecule has 0 atom stereocenters. The first-order valence-electron chi connectivity index (χ1n) is 4.84. The standard InChI is InChI=1S/C10H22N2.ClH/c1-9(2)5-8(7-11)6-10(3,4)12-9;/h8,12H,5-7,11H2,1-4H3;1H. The van der Waals surface area contributed by atoms with E-state index in [0.717, 1.165) is 6.54 Å². The van der Waals surface area contributed by atoms with Crippen LogP contribution in [0.2, 0.25) is 0 Å². The average molecular weight is 207 g/mol. The Bertz CT molecular complexity index is 150. The molecule has 13 heavy (non-hydrogen) atoms. The molecule has 3 N–H and O–H groups in total. The molecular formula is C10H23ClN2. The minimum atomic E-state index is 0. The summed E-state index contributed by atoms with van der Waals surface area (Å²) in [5.74, 6) is 0.691. The normalized spacial score (nSPS) is 26.5. The van der Waals surface area contributed by atoms with Crippen LogP contribution >= 0.6 is 12.4 Å². The number of hydrogen-bond donors (Lipinski definition) is 2. The lowest BCUT2D eigenvalue weighted by Gasteiger charge is -2.46. The van der Waals surface area contributed by atoms with Gasteiger partial charge in [0.2, 0.25) is 0 Å². The van der Waals surface area contributed by atoms with Crippen molar-refractivity contribution in [2.45, 2.75) is 51.6 Å². The molecule has 0 aliphatic carbocycles. The molecule has 0 bridgehead atoms. The topological polar surface area (TPSA) is 38.0 Å². The van der Waals surface area contributed by atoms with Crippen LogP contribution in [-0.4, -0.2) is 17.6 Å². The van der Waals surface area contributed by atoms with E-state index in [1.807, 2.05) is 0 Å². The Morgan fingerprint density at radius 1 is 1.15 bits per heavy atom. The average Bonchev–Trinajstić information content (AvgIpc) is 1.80. The summed E-state index contributed by atoms with van der Waals surface area (Å²) in [5.41, 5.74) is 6.23. The van der Waals surface area contributed by atoms with Gasteiger partial charge >= 0.3 is 0 Å². The molecule has 0 aromatic carbocycles. The van der Waals surface area contributed by atoms with Gasteiger partial charge in [0.05, 0.1) is 0 Å². The Morgan fingerprint density at radius 2 is 1.54 bits per heavy atom. The summed E-state index contributed by atoms with van der Waals surface area (Å²) in [4.78, 5) is 0. The molecule has 1 aliphatic rings. The van der Waals surface area contributed by atoms with Gasteiger partial charge in [-0.3, -0.25) is 0 Å². The Kier molecular flexibility index (Phi) is 4.23.